The SMILES string of the molecule is CCC[C@H]1[C@@H](O)C[C@@H](CCCO[Si](C)(C)C(C)(C)C)N1C. The molecule has 3 atom stereocenters. The average molecular weight is 316 g/mol. The zero-order chi connectivity index (χ0) is 16.3. The molecule has 0 aromatic carbocycles. The lowest BCUT2D eigenvalue weighted by Crippen LogP contribution is -2.41. The molecule has 1 N–H and O–H groups in total. The van der Waals surface area contributed by atoms with E-state index in [0.717, 1.165) is 38.7 Å². The Hall–Kier alpha value is 0.0969. The fourth-order valence-corrected chi connectivity index (χ4v) is 4.11. The van der Waals surface area contributed by atoms with Gasteiger partial charge in [-0.1, -0.05) is 34.1 Å². The fourth-order valence-electron chi connectivity index (χ4n) is 3.02. The lowest BCUT2D eigenvalue weighted by Gasteiger charge is -2.36. The van der Waals surface area contributed by atoms with Crippen LogP contribution in [0.25, 0.3) is 0 Å². The van der Waals surface area contributed by atoms with Crippen LogP contribution in [0.15, 0.2) is 0 Å². The molecule has 0 spiro atoms. The zero-order valence-corrected chi connectivity index (χ0v) is 16.3. The maximum atomic E-state index is 10.2. The van der Waals surface area contributed by atoms with Crippen LogP contribution in [0.1, 0.15) is 59.8 Å². The van der Waals surface area contributed by atoms with Gasteiger partial charge in [-0.15, -0.1) is 0 Å². The minimum absolute atomic E-state index is 0.138. The number of aliphatic hydroxyl groups excluding tert-OH is 1. The maximum Gasteiger partial charge on any atom is 0.191 e. The van der Waals surface area contributed by atoms with E-state index >= 15 is 0 Å². The summed E-state index contributed by atoms with van der Waals surface area (Å²) in [7, 11) is 0.575. The number of rotatable bonds is 7. The highest BCUT2D eigenvalue weighted by atomic mass is 28.4. The predicted octanol–water partition coefficient (Wildman–Crippen LogP) is 4.02. The van der Waals surface area contributed by atoms with Crippen LogP contribution >= 0.6 is 0 Å². The fraction of sp³-hybridized carbons (Fsp3) is 1.00. The molecule has 0 bridgehead atoms. The van der Waals surface area contributed by atoms with E-state index in [1.807, 2.05) is 0 Å². The van der Waals surface area contributed by atoms with Gasteiger partial charge in [0, 0.05) is 18.7 Å². The first-order valence-corrected chi connectivity index (χ1v) is 11.5. The third-order valence-corrected chi connectivity index (χ3v) is 10.1. The summed E-state index contributed by atoms with van der Waals surface area (Å²) in [5.74, 6) is 0. The Kier molecular flexibility index (Phi) is 6.91. The zero-order valence-electron chi connectivity index (χ0n) is 15.3. The molecule has 1 aliphatic heterocycles. The van der Waals surface area contributed by atoms with Crippen LogP contribution < -0.4 is 0 Å². The van der Waals surface area contributed by atoms with Crippen molar-refractivity contribution in [2.45, 2.75) is 96.1 Å². The van der Waals surface area contributed by atoms with Crippen molar-refractivity contribution in [3.8, 4) is 0 Å². The third kappa shape index (κ3) is 5.05. The molecule has 1 aliphatic rings. The van der Waals surface area contributed by atoms with Crippen molar-refractivity contribution in [3.63, 3.8) is 0 Å². The topological polar surface area (TPSA) is 32.7 Å². The summed E-state index contributed by atoms with van der Waals surface area (Å²) in [6.07, 6.45) is 5.29. The van der Waals surface area contributed by atoms with E-state index < -0.39 is 8.32 Å². The Labute approximate surface area is 133 Å². The van der Waals surface area contributed by atoms with Crippen molar-refractivity contribution < 1.29 is 9.53 Å². The Balaban J connectivity index is 2.34. The van der Waals surface area contributed by atoms with E-state index in [9.17, 15) is 5.11 Å². The van der Waals surface area contributed by atoms with Crippen molar-refractivity contribution >= 4 is 8.32 Å². The largest absolute Gasteiger partial charge is 0.417 e. The summed E-state index contributed by atoms with van der Waals surface area (Å²) in [5, 5.41) is 10.5. The Bertz CT molecular complexity index is 314. The van der Waals surface area contributed by atoms with Crippen LogP contribution in [0.4, 0.5) is 0 Å². The van der Waals surface area contributed by atoms with E-state index in [1.54, 1.807) is 0 Å². The molecule has 126 valence electrons. The normalized spacial score (nSPS) is 28.3. The molecule has 21 heavy (non-hydrogen) atoms. The summed E-state index contributed by atoms with van der Waals surface area (Å²) in [6.45, 7) is 14.6. The van der Waals surface area contributed by atoms with Gasteiger partial charge >= 0.3 is 0 Å². The molecule has 1 fully saturated rings. The van der Waals surface area contributed by atoms with E-state index in [4.69, 9.17) is 4.43 Å². The Morgan fingerprint density at radius 3 is 2.38 bits per heavy atom. The molecule has 1 rings (SSSR count). The minimum Gasteiger partial charge on any atom is -0.417 e. The number of likely N-dealkylation sites (tertiary alicyclic amines) is 1. The molecule has 0 aliphatic carbocycles. The first-order chi connectivity index (χ1) is 9.60. The highest BCUT2D eigenvalue weighted by Crippen LogP contribution is 2.36. The van der Waals surface area contributed by atoms with Crippen LogP contribution in [-0.2, 0) is 4.43 Å². The lowest BCUT2D eigenvalue weighted by molar-refractivity contribution is 0.116. The van der Waals surface area contributed by atoms with Crippen LogP contribution in [0.5, 0.6) is 0 Å². The predicted molar refractivity (Wildman–Crippen MR) is 93.3 cm³/mol. The minimum atomic E-state index is -1.60. The van der Waals surface area contributed by atoms with Crippen LogP contribution in [0.3, 0.4) is 0 Å². The molecule has 0 aromatic heterocycles. The summed E-state index contributed by atoms with van der Waals surface area (Å²) in [6, 6.07) is 0.890. The highest BCUT2D eigenvalue weighted by Gasteiger charge is 2.38. The van der Waals surface area contributed by atoms with E-state index in [1.165, 1.54) is 0 Å². The molecule has 0 radical (unpaired) electrons. The third-order valence-electron chi connectivity index (χ3n) is 5.59. The second-order valence-corrected chi connectivity index (χ2v) is 13.0. The number of nitrogens with zero attached hydrogens (tertiary/aromatic N) is 1. The van der Waals surface area contributed by atoms with Gasteiger partial charge in [-0.3, -0.25) is 4.90 Å². The standard InChI is InChI=1S/C17H37NO2Si/c1-8-10-15-16(19)13-14(18(15)5)11-9-12-20-21(6,7)17(2,3)4/h14-16,19H,8-13H2,1-7H3/t14-,15+,16+/m1/s1. The van der Waals surface area contributed by atoms with Crippen molar-refractivity contribution in [2.75, 3.05) is 13.7 Å². The van der Waals surface area contributed by atoms with Gasteiger partial charge in [0.1, 0.15) is 0 Å². The molecule has 0 unspecified atom stereocenters. The quantitative estimate of drug-likeness (QED) is 0.569. The number of hydrogen-bond donors (Lipinski definition) is 1. The molecule has 0 aromatic rings. The number of likely N-dealkylation sites (N-methyl/N-ethyl adjacent to an activating group) is 1. The first-order valence-electron chi connectivity index (χ1n) is 8.64. The lowest BCUT2D eigenvalue weighted by atomic mass is 10.1. The molecule has 0 amide bonds. The smallest absolute Gasteiger partial charge is 0.191 e. The van der Waals surface area contributed by atoms with Crippen molar-refractivity contribution in [2.24, 2.45) is 0 Å². The van der Waals surface area contributed by atoms with Gasteiger partial charge in [-0.25, -0.2) is 0 Å². The Morgan fingerprint density at radius 2 is 1.86 bits per heavy atom. The van der Waals surface area contributed by atoms with Gasteiger partial charge in [0.2, 0.25) is 0 Å². The van der Waals surface area contributed by atoms with E-state index in [2.05, 4.69) is 52.7 Å². The van der Waals surface area contributed by atoms with E-state index in [-0.39, 0.29) is 6.10 Å². The average Bonchev–Trinajstić information content (AvgIpc) is 2.61. The molecule has 1 heterocycles. The van der Waals surface area contributed by atoms with E-state index in [0.29, 0.717) is 17.1 Å². The van der Waals surface area contributed by atoms with Gasteiger partial charge in [0.15, 0.2) is 8.32 Å². The summed E-state index contributed by atoms with van der Waals surface area (Å²) < 4.78 is 6.25. The monoisotopic (exact) mass is 315 g/mol. The van der Waals surface area contributed by atoms with Crippen molar-refractivity contribution in [1.82, 2.24) is 4.90 Å². The highest BCUT2D eigenvalue weighted by molar-refractivity contribution is 6.74. The van der Waals surface area contributed by atoms with Gasteiger partial charge in [0.25, 0.3) is 0 Å². The second kappa shape index (κ2) is 7.58. The van der Waals surface area contributed by atoms with Crippen LogP contribution in [-0.4, -0.2) is 50.2 Å². The first kappa shape index (κ1) is 19.1. The molecule has 4 heteroatoms. The van der Waals surface area contributed by atoms with Gasteiger partial charge in [-0.2, -0.15) is 0 Å². The van der Waals surface area contributed by atoms with Gasteiger partial charge in [0.05, 0.1) is 6.10 Å². The Morgan fingerprint density at radius 1 is 1.24 bits per heavy atom. The number of hydrogen-bond acceptors (Lipinski definition) is 3. The van der Waals surface area contributed by atoms with Gasteiger partial charge in [-0.05, 0) is 50.9 Å². The summed E-state index contributed by atoms with van der Waals surface area (Å²) >= 11 is 0. The van der Waals surface area contributed by atoms with Crippen molar-refractivity contribution in [3.05, 3.63) is 0 Å². The molecular formula is C17H37NO2Si. The molecule has 1 saturated heterocycles. The van der Waals surface area contributed by atoms with Crippen LogP contribution in [0, 0.1) is 0 Å². The summed E-state index contributed by atoms with van der Waals surface area (Å²) in [5.41, 5.74) is 0. The van der Waals surface area contributed by atoms with Crippen molar-refractivity contribution in [1.29, 1.82) is 0 Å². The molecule has 0 saturated carbocycles. The van der Waals surface area contributed by atoms with Gasteiger partial charge < -0.3 is 9.53 Å². The second-order valence-electron chi connectivity index (χ2n) is 8.23. The van der Waals surface area contributed by atoms with Crippen LogP contribution in [0.2, 0.25) is 18.1 Å². The number of aliphatic hydroxyl groups is 1. The molecular weight excluding hydrogens is 278 g/mol. The molecule has 3 nitrogen and oxygen atoms in total. The summed E-state index contributed by atoms with van der Waals surface area (Å²) in [4.78, 5) is 2.40. The maximum absolute atomic E-state index is 10.2.